The minimum Gasteiger partial charge on any atom is -0.373 e. The average Bonchev–Trinajstić information content (AvgIpc) is 2.11. The molecule has 78 valence electrons. The van der Waals surface area contributed by atoms with E-state index in [1.54, 1.807) is 0 Å². The van der Waals surface area contributed by atoms with Crippen molar-refractivity contribution in [1.82, 2.24) is 0 Å². The third kappa shape index (κ3) is 1.58. The van der Waals surface area contributed by atoms with Crippen molar-refractivity contribution in [3.05, 3.63) is 27.7 Å². The van der Waals surface area contributed by atoms with Crippen LogP contribution in [0, 0.1) is 23.3 Å². The van der Waals surface area contributed by atoms with Gasteiger partial charge in [-0.2, -0.15) is 0 Å². The van der Waals surface area contributed by atoms with Gasteiger partial charge in [0.2, 0.25) is 0 Å². The second-order valence-corrected chi connectivity index (χ2v) is 3.61. The molecule has 0 saturated heterocycles. The summed E-state index contributed by atoms with van der Waals surface area (Å²) in [5, 5.41) is 0. The number of nitrogens with zero attached hydrogens (tertiary/aromatic N) is 1. The van der Waals surface area contributed by atoms with Crippen LogP contribution in [0.1, 0.15) is 0 Å². The van der Waals surface area contributed by atoms with E-state index in [-0.39, 0.29) is 0 Å². The summed E-state index contributed by atoms with van der Waals surface area (Å²) in [4.78, 5) is 0.962. The van der Waals surface area contributed by atoms with Crippen LogP contribution in [0.2, 0.25) is 0 Å². The van der Waals surface area contributed by atoms with E-state index in [2.05, 4.69) is 15.9 Å². The van der Waals surface area contributed by atoms with E-state index in [0.29, 0.717) is 0 Å². The molecule has 14 heavy (non-hydrogen) atoms. The molecular weight excluding hydrogens is 266 g/mol. The van der Waals surface area contributed by atoms with Crippen LogP contribution in [0.5, 0.6) is 0 Å². The Balaban J connectivity index is 3.60. The van der Waals surface area contributed by atoms with Gasteiger partial charge in [0, 0.05) is 14.1 Å². The summed E-state index contributed by atoms with van der Waals surface area (Å²) >= 11 is 2.42. The largest absolute Gasteiger partial charge is 0.373 e. The molecule has 0 fully saturated rings. The Kier molecular flexibility index (Phi) is 3.04. The van der Waals surface area contributed by atoms with E-state index in [4.69, 9.17) is 0 Å². The molecule has 0 spiro atoms. The van der Waals surface area contributed by atoms with Crippen LogP contribution in [0.15, 0.2) is 4.47 Å². The zero-order chi connectivity index (χ0) is 11.0. The van der Waals surface area contributed by atoms with Crippen molar-refractivity contribution in [3.8, 4) is 0 Å². The second-order valence-electron chi connectivity index (χ2n) is 2.81. The molecule has 0 bridgehead atoms. The van der Waals surface area contributed by atoms with Gasteiger partial charge < -0.3 is 4.90 Å². The summed E-state index contributed by atoms with van der Waals surface area (Å²) in [6, 6.07) is 0. The Morgan fingerprint density at radius 3 is 1.50 bits per heavy atom. The number of halogens is 5. The van der Waals surface area contributed by atoms with Crippen LogP contribution in [0.4, 0.5) is 23.2 Å². The van der Waals surface area contributed by atoms with E-state index in [0.717, 1.165) is 4.90 Å². The van der Waals surface area contributed by atoms with Gasteiger partial charge in [-0.1, -0.05) is 0 Å². The van der Waals surface area contributed by atoms with Gasteiger partial charge in [0.05, 0.1) is 4.47 Å². The predicted octanol–water partition coefficient (Wildman–Crippen LogP) is 3.07. The molecule has 0 amide bonds. The van der Waals surface area contributed by atoms with E-state index in [1.807, 2.05) is 0 Å². The predicted molar refractivity (Wildman–Crippen MR) is 48.3 cm³/mol. The molecule has 1 aromatic rings. The summed E-state index contributed by atoms with van der Waals surface area (Å²) in [5.74, 6) is -5.71. The zero-order valence-electron chi connectivity index (χ0n) is 7.34. The van der Waals surface area contributed by atoms with Crippen molar-refractivity contribution in [2.24, 2.45) is 0 Å². The van der Waals surface area contributed by atoms with Crippen molar-refractivity contribution >= 4 is 21.6 Å². The molecule has 1 aromatic carbocycles. The molecule has 1 rings (SSSR count). The first kappa shape index (κ1) is 11.3. The van der Waals surface area contributed by atoms with Crippen LogP contribution >= 0.6 is 15.9 Å². The Morgan fingerprint density at radius 2 is 1.21 bits per heavy atom. The fourth-order valence-electron chi connectivity index (χ4n) is 0.986. The Bertz CT molecular complexity index is 349. The quantitative estimate of drug-likeness (QED) is 0.431. The van der Waals surface area contributed by atoms with Gasteiger partial charge in [-0.3, -0.25) is 0 Å². The minimum atomic E-state index is -1.44. The fraction of sp³-hybridized carbons (Fsp3) is 0.250. The van der Waals surface area contributed by atoms with Crippen molar-refractivity contribution in [1.29, 1.82) is 0 Å². The van der Waals surface area contributed by atoms with Crippen molar-refractivity contribution in [2.45, 2.75) is 0 Å². The average molecular weight is 272 g/mol. The molecule has 0 N–H and O–H groups in total. The summed E-state index contributed by atoms with van der Waals surface area (Å²) in [6.45, 7) is 0. The van der Waals surface area contributed by atoms with Crippen molar-refractivity contribution in [3.63, 3.8) is 0 Å². The number of anilines is 1. The molecule has 0 aliphatic carbocycles. The zero-order valence-corrected chi connectivity index (χ0v) is 8.92. The highest BCUT2D eigenvalue weighted by Crippen LogP contribution is 2.32. The lowest BCUT2D eigenvalue weighted by Crippen LogP contribution is -2.15. The lowest BCUT2D eigenvalue weighted by molar-refractivity contribution is 0.447. The molecule has 0 heterocycles. The number of rotatable bonds is 1. The number of benzene rings is 1. The monoisotopic (exact) mass is 271 g/mol. The SMILES string of the molecule is CN(C)c1c(F)c(F)c(Br)c(F)c1F. The van der Waals surface area contributed by atoms with Gasteiger partial charge in [-0.05, 0) is 15.9 Å². The van der Waals surface area contributed by atoms with Gasteiger partial charge in [0.25, 0.3) is 0 Å². The van der Waals surface area contributed by atoms with E-state index in [9.17, 15) is 17.6 Å². The van der Waals surface area contributed by atoms with Crippen LogP contribution in [-0.2, 0) is 0 Å². The molecule has 0 atom stereocenters. The highest BCUT2D eigenvalue weighted by molar-refractivity contribution is 9.10. The van der Waals surface area contributed by atoms with Gasteiger partial charge in [0.15, 0.2) is 23.3 Å². The smallest absolute Gasteiger partial charge is 0.186 e. The normalized spacial score (nSPS) is 10.5. The Morgan fingerprint density at radius 1 is 0.857 bits per heavy atom. The first-order valence-electron chi connectivity index (χ1n) is 3.56. The standard InChI is InChI=1S/C8H6BrF4N/c1-14(2)8-6(12)4(10)3(9)5(11)7(8)13/h1-2H3. The maximum atomic E-state index is 13.1. The first-order valence-corrected chi connectivity index (χ1v) is 4.36. The highest BCUT2D eigenvalue weighted by Gasteiger charge is 2.24. The van der Waals surface area contributed by atoms with Gasteiger partial charge in [-0.25, -0.2) is 17.6 Å². The van der Waals surface area contributed by atoms with Crippen LogP contribution < -0.4 is 4.90 Å². The molecule has 0 aliphatic heterocycles. The van der Waals surface area contributed by atoms with E-state index in [1.165, 1.54) is 14.1 Å². The minimum absolute atomic E-state index is 0.733. The third-order valence-corrected chi connectivity index (χ3v) is 2.33. The van der Waals surface area contributed by atoms with Gasteiger partial charge in [-0.15, -0.1) is 0 Å². The fourth-order valence-corrected chi connectivity index (χ4v) is 1.33. The van der Waals surface area contributed by atoms with E-state index >= 15 is 0 Å². The van der Waals surface area contributed by atoms with Crippen LogP contribution in [0.25, 0.3) is 0 Å². The molecule has 1 nitrogen and oxygen atoms in total. The Labute approximate surface area is 86.5 Å². The second kappa shape index (κ2) is 3.76. The lowest BCUT2D eigenvalue weighted by atomic mass is 10.2. The summed E-state index contributed by atoms with van der Waals surface area (Å²) in [6.07, 6.45) is 0. The highest BCUT2D eigenvalue weighted by atomic mass is 79.9. The molecular formula is C8H6BrF4N. The first-order chi connectivity index (χ1) is 6.37. The van der Waals surface area contributed by atoms with Gasteiger partial charge >= 0.3 is 0 Å². The van der Waals surface area contributed by atoms with Gasteiger partial charge in [0.1, 0.15) is 5.69 Å². The van der Waals surface area contributed by atoms with Crippen molar-refractivity contribution in [2.75, 3.05) is 19.0 Å². The maximum absolute atomic E-state index is 13.1. The third-order valence-electron chi connectivity index (χ3n) is 1.63. The molecule has 0 aliphatic rings. The molecule has 0 aromatic heterocycles. The summed E-state index contributed by atoms with van der Waals surface area (Å²) < 4.78 is 51.2. The van der Waals surface area contributed by atoms with Crippen molar-refractivity contribution < 1.29 is 17.6 Å². The van der Waals surface area contributed by atoms with Crippen LogP contribution in [-0.4, -0.2) is 14.1 Å². The molecule has 6 heteroatoms. The summed E-state index contributed by atoms with van der Waals surface area (Å²) in [7, 11) is 2.57. The maximum Gasteiger partial charge on any atom is 0.186 e. The lowest BCUT2D eigenvalue weighted by Gasteiger charge is -2.15. The molecule has 0 saturated carbocycles. The van der Waals surface area contributed by atoms with E-state index < -0.39 is 33.4 Å². The topological polar surface area (TPSA) is 3.24 Å². The molecule has 0 radical (unpaired) electrons. The van der Waals surface area contributed by atoms with Crippen LogP contribution in [0.3, 0.4) is 0 Å². The number of hydrogen-bond acceptors (Lipinski definition) is 1. The summed E-state index contributed by atoms with van der Waals surface area (Å²) in [5.41, 5.74) is -0.733. The Hall–Kier alpha value is -0.780. The molecule has 0 unspecified atom stereocenters. The number of hydrogen-bond donors (Lipinski definition) is 0.